The highest BCUT2D eigenvalue weighted by molar-refractivity contribution is 7.99. The highest BCUT2D eigenvalue weighted by Gasteiger charge is 2.18. The van der Waals surface area contributed by atoms with Crippen LogP contribution in [-0.4, -0.2) is 33.2 Å². The van der Waals surface area contributed by atoms with E-state index in [4.69, 9.17) is 9.40 Å². The highest BCUT2D eigenvalue weighted by Crippen LogP contribution is 2.28. The van der Waals surface area contributed by atoms with Crippen LogP contribution in [0.15, 0.2) is 32.8 Å². The number of carbonyl (C=O) groups is 1. The van der Waals surface area contributed by atoms with Crippen molar-refractivity contribution < 1.29 is 9.21 Å². The SMILES string of the molecule is CCCCn1c(SCC(=O)N(C)Cc2ccco2)nc2sc(C)c(C)c2c1=O. The first kappa shape index (κ1) is 20.7. The molecule has 1 amide bonds. The van der Waals surface area contributed by atoms with E-state index in [1.54, 1.807) is 28.8 Å². The summed E-state index contributed by atoms with van der Waals surface area (Å²) in [5.74, 6) is 0.936. The lowest BCUT2D eigenvalue weighted by atomic mass is 10.2. The number of aryl methyl sites for hydroxylation is 2. The first-order valence-electron chi connectivity index (χ1n) is 9.32. The van der Waals surface area contributed by atoms with Gasteiger partial charge in [0.25, 0.3) is 5.56 Å². The number of aromatic nitrogens is 2. The van der Waals surface area contributed by atoms with Crippen molar-refractivity contribution in [1.29, 1.82) is 0 Å². The molecule has 0 aliphatic heterocycles. The van der Waals surface area contributed by atoms with Crippen LogP contribution in [0.25, 0.3) is 10.2 Å². The van der Waals surface area contributed by atoms with E-state index in [-0.39, 0.29) is 17.2 Å². The molecule has 0 bridgehead atoms. The zero-order valence-corrected chi connectivity index (χ0v) is 18.3. The molecule has 0 aromatic carbocycles. The Labute approximate surface area is 172 Å². The summed E-state index contributed by atoms with van der Waals surface area (Å²) in [5, 5.41) is 1.33. The third kappa shape index (κ3) is 4.33. The number of rotatable bonds is 8. The maximum Gasteiger partial charge on any atom is 0.263 e. The van der Waals surface area contributed by atoms with Crippen molar-refractivity contribution in [2.24, 2.45) is 0 Å². The number of amides is 1. The Morgan fingerprint density at radius 3 is 2.86 bits per heavy atom. The van der Waals surface area contributed by atoms with Gasteiger partial charge in [-0.05, 0) is 38.0 Å². The third-order valence-electron chi connectivity index (χ3n) is 4.71. The minimum absolute atomic E-state index is 0.000751. The maximum absolute atomic E-state index is 13.1. The predicted molar refractivity (Wildman–Crippen MR) is 114 cm³/mol. The number of hydrogen-bond acceptors (Lipinski definition) is 6. The van der Waals surface area contributed by atoms with Gasteiger partial charge in [0.05, 0.1) is 23.9 Å². The Bertz CT molecular complexity index is 1020. The molecule has 0 fully saturated rings. The zero-order chi connectivity index (χ0) is 20.3. The molecule has 0 N–H and O–H groups in total. The minimum atomic E-state index is -0.0312. The van der Waals surface area contributed by atoms with E-state index in [1.807, 2.05) is 19.9 Å². The van der Waals surface area contributed by atoms with Crippen LogP contribution in [0.5, 0.6) is 0 Å². The van der Waals surface area contributed by atoms with Crippen molar-refractivity contribution in [1.82, 2.24) is 14.5 Å². The van der Waals surface area contributed by atoms with Crippen molar-refractivity contribution in [3.8, 4) is 0 Å². The van der Waals surface area contributed by atoms with Gasteiger partial charge < -0.3 is 9.32 Å². The van der Waals surface area contributed by atoms with Crippen LogP contribution < -0.4 is 5.56 Å². The van der Waals surface area contributed by atoms with E-state index in [0.29, 0.717) is 23.6 Å². The number of unbranched alkanes of at least 4 members (excludes halogenated alkanes) is 1. The quantitative estimate of drug-likeness (QED) is 0.404. The van der Waals surface area contributed by atoms with Gasteiger partial charge >= 0.3 is 0 Å². The van der Waals surface area contributed by atoms with Crippen LogP contribution >= 0.6 is 23.1 Å². The van der Waals surface area contributed by atoms with Crippen LogP contribution in [0.3, 0.4) is 0 Å². The topological polar surface area (TPSA) is 68.3 Å². The van der Waals surface area contributed by atoms with Crippen LogP contribution in [0.1, 0.15) is 36.0 Å². The molecule has 0 aliphatic carbocycles. The van der Waals surface area contributed by atoms with Crippen LogP contribution in [0.2, 0.25) is 0 Å². The third-order valence-corrected chi connectivity index (χ3v) is 6.78. The van der Waals surface area contributed by atoms with Crippen LogP contribution in [0, 0.1) is 13.8 Å². The fourth-order valence-corrected chi connectivity index (χ4v) is 4.93. The molecular formula is C20H25N3O3S2. The van der Waals surface area contributed by atoms with Crippen LogP contribution in [-0.2, 0) is 17.9 Å². The van der Waals surface area contributed by atoms with E-state index in [1.165, 1.54) is 23.1 Å². The molecule has 28 heavy (non-hydrogen) atoms. The lowest BCUT2D eigenvalue weighted by Crippen LogP contribution is -2.28. The number of hydrogen-bond donors (Lipinski definition) is 0. The smallest absolute Gasteiger partial charge is 0.263 e. The second-order valence-corrected chi connectivity index (χ2v) is 8.93. The average molecular weight is 420 g/mol. The standard InChI is InChI=1S/C20H25N3O3S2/c1-5-6-9-23-19(25)17-13(2)14(3)28-18(17)21-20(23)27-12-16(24)22(4)11-15-8-7-10-26-15/h7-8,10H,5-6,9,11-12H2,1-4H3. The molecule has 3 heterocycles. The molecule has 3 aromatic rings. The van der Waals surface area contributed by atoms with Gasteiger partial charge in [-0.3, -0.25) is 14.2 Å². The summed E-state index contributed by atoms with van der Waals surface area (Å²) in [5.41, 5.74) is 1.01. The van der Waals surface area contributed by atoms with Crippen molar-refractivity contribution in [2.45, 2.75) is 51.9 Å². The maximum atomic E-state index is 13.1. The number of thioether (sulfide) groups is 1. The minimum Gasteiger partial charge on any atom is -0.467 e. The first-order valence-corrected chi connectivity index (χ1v) is 11.1. The summed E-state index contributed by atoms with van der Waals surface area (Å²) < 4.78 is 7.03. The number of nitrogens with zero attached hydrogens (tertiary/aromatic N) is 3. The van der Waals surface area contributed by atoms with Crippen molar-refractivity contribution >= 4 is 39.2 Å². The molecular weight excluding hydrogens is 394 g/mol. The van der Waals surface area contributed by atoms with Gasteiger partial charge in [-0.2, -0.15) is 0 Å². The Morgan fingerprint density at radius 1 is 1.39 bits per heavy atom. The summed E-state index contributed by atoms with van der Waals surface area (Å²) in [4.78, 5) is 33.8. The molecule has 0 saturated heterocycles. The monoisotopic (exact) mass is 419 g/mol. The van der Waals surface area contributed by atoms with E-state index < -0.39 is 0 Å². The number of fused-ring (bicyclic) bond motifs is 1. The van der Waals surface area contributed by atoms with Gasteiger partial charge in [-0.15, -0.1) is 11.3 Å². The Kier molecular flexibility index (Phi) is 6.61. The van der Waals surface area contributed by atoms with Gasteiger partial charge in [-0.1, -0.05) is 25.1 Å². The van der Waals surface area contributed by atoms with Gasteiger partial charge in [0, 0.05) is 18.5 Å². The van der Waals surface area contributed by atoms with E-state index >= 15 is 0 Å². The second kappa shape index (κ2) is 8.96. The molecule has 0 radical (unpaired) electrons. The van der Waals surface area contributed by atoms with Crippen molar-refractivity contribution in [3.05, 3.63) is 45.0 Å². The molecule has 6 nitrogen and oxygen atoms in total. The number of furan rings is 1. The molecule has 150 valence electrons. The summed E-state index contributed by atoms with van der Waals surface area (Å²) in [6.07, 6.45) is 3.48. The lowest BCUT2D eigenvalue weighted by Gasteiger charge is -2.16. The predicted octanol–water partition coefficient (Wildman–Crippen LogP) is 4.22. The fraction of sp³-hybridized carbons (Fsp3) is 0.450. The van der Waals surface area contributed by atoms with E-state index in [9.17, 15) is 9.59 Å². The summed E-state index contributed by atoms with van der Waals surface area (Å²) in [6, 6.07) is 3.65. The lowest BCUT2D eigenvalue weighted by molar-refractivity contribution is -0.127. The first-order chi connectivity index (χ1) is 13.4. The average Bonchev–Trinajstić information content (AvgIpc) is 3.27. The number of thiophene rings is 1. The molecule has 3 rings (SSSR count). The highest BCUT2D eigenvalue weighted by atomic mass is 32.2. The number of carbonyl (C=O) groups excluding carboxylic acids is 1. The molecule has 0 aliphatic rings. The normalized spacial score (nSPS) is 11.3. The molecule has 3 aromatic heterocycles. The van der Waals surface area contributed by atoms with Gasteiger partial charge in [0.15, 0.2) is 5.16 Å². The second-order valence-electron chi connectivity index (χ2n) is 6.79. The Hall–Kier alpha value is -2.06. The van der Waals surface area contributed by atoms with Crippen molar-refractivity contribution in [2.75, 3.05) is 12.8 Å². The largest absolute Gasteiger partial charge is 0.467 e. The van der Waals surface area contributed by atoms with Crippen molar-refractivity contribution in [3.63, 3.8) is 0 Å². The summed E-state index contributed by atoms with van der Waals surface area (Å²) >= 11 is 2.86. The molecule has 0 unspecified atom stereocenters. The van der Waals surface area contributed by atoms with Gasteiger partial charge in [-0.25, -0.2) is 4.98 Å². The molecule has 0 spiro atoms. The van der Waals surface area contributed by atoms with E-state index in [0.717, 1.165) is 33.9 Å². The molecule has 0 saturated carbocycles. The summed E-state index contributed by atoms with van der Waals surface area (Å²) in [7, 11) is 1.75. The fourth-order valence-electron chi connectivity index (χ4n) is 2.89. The molecule has 8 heteroatoms. The van der Waals surface area contributed by atoms with Crippen LogP contribution in [0.4, 0.5) is 0 Å². The zero-order valence-electron chi connectivity index (χ0n) is 16.7. The molecule has 0 atom stereocenters. The Balaban J connectivity index is 1.82. The Morgan fingerprint density at radius 2 is 2.18 bits per heavy atom. The van der Waals surface area contributed by atoms with Gasteiger partial charge in [0.1, 0.15) is 10.6 Å². The van der Waals surface area contributed by atoms with Gasteiger partial charge in [0.2, 0.25) is 5.91 Å². The van der Waals surface area contributed by atoms with E-state index in [2.05, 4.69) is 6.92 Å². The summed E-state index contributed by atoms with van der Waals surface area (Å²) in [6.45, 7) is 7.12.